The molecule has 3 aliphatic carbocycles. The number of benzene rings is 2. The average Bonchev–Trinajstić information content (AvgIpc) is 3.05. The predicted molar refractivity (Wildman–Crippen MR) is 194 cm³/mol. The van der Waals surface area contributed by atoms with Gasteiger partial charge in [-0.25, -0.2) is 8.37 Å². The number of rotatable bonds is 25. The van der Waals surface area contributed by atoms with Crippen LogP contribution in [0.3, 0.4) is 0 Å². The summed E-state index contributed by atoms with van der Waals surface area (Å²) in [6.07, 6.45) is 21.1. The number of hydrogen-bond acceptors (Lipinski definition) is 7. The van der Waals surface area contributed by atoms with E-state index in [0.717, 1.165) is 40.8 Å². The van der Waals surface area contributed by atoms with Crippen LogP contribution < -0.4 is 29.6 Å². The van der Waals surface area contributed by atoms with Crippen LogP contribution in [-0.4, -0.2) is 50.7 Å². The van der Waals surface area contributed by atoms with Crippen molar-refractivity contribution in [2.75, 3.05) is 24.7 Å². The van der Waals surface area contributed by atoms with E-state index in [2.05, 4.69) is 19.1 Å². The summed E-state index contributed by atoms with van der Waals surface area (Å²) in [6, 6.07) is 16.0. The van der Waals surface area contributed by atoms with Crippen molar-refractivity contribution in [1.29, 1.82) is 0 Å². The molecule has 270 valence electrons. The fourth-order valence-electron chi connectivity index (χ4n) is 8.17. The molecular formula is C37H56NaO8S3+. The van der Waals surface area contributed by atoms with E-state index in [0.29, 0.717) is 5.75 Å². The predicted octanol–water partition coefficient (Wildman–Crippen LogP) is 6.30. The third-order valence-corrected chi connectivity index (χ3v) is 12.5. The molecule has 2 unspecified atom stereocenters. The van der Waals surface area contributed by atoms with Crippen molar-refractivity contribution >= 4 is 32.6 Å². The van der Waals surface area contributed by atoms with Gasteiger partial charge in [-0.2, -0.15) is 28.6 Å². The molecule has 0 heterocycles. The molecule has 0 aliphatic heterocycles. The molecule has 0 saturated heterocycles. The molecule has 2 N–H and O–H groups in total. The number of unbranched alkanes of at least 4 members (excludes halogenated alkanes) is 15. The van der Waals surface area contributed by atoms with Crippen LogP contribution in [-0.2, 0) is 34.6 Å². The van der Waals surface area contributed by atoms with Gasteiger partial charge in [0, 0.05) is 28.9 Å². The van der Waals surface area contributed by atoms with Gasteiger partial charge in [0.25, 0.3) is 0 Å². The fraction of sp³-hybridized carbons (Fsp3) is 0.676. The maximum Gasteiger partial charge on any atom is 1.00 e. The number of fused-ring (bicyclic) bond motifs is 1. The zero-order valence-corrected chi connectivity index (χ0v) is 34.0. The van der Waals surface area contributed by atoms with E-state index in [1.54, 1.807) is 0 Å². The van der Waals surface area contributed by atoms with Crippen LogP contribution in [0.15, 0.2) is 48.5 Å². The molecule has 0 fully saturated rings. The average molecular weight is 748 g/mol. The van der Waals surface area contributed by atoms with E-state index in [1.165, 1.54) is 89.9 Å². The zero-order chi connectivity index (χ0) is 34.5. The molecule has 0 radical (unpaired) electrons. The topological polar surface area (TPSA) is 127 Å². The van der Waals surface area contributed by atoms with Gasteiger partial charge in [-0.3, -0.25) is 9.11 Å². The summed E-state index contributed by atoms with van der Waals surface area (Å²) in [5.41, 5.74) is 3.46. The second-order valence-corrected chi connectivity index (χ2v) is 17.0. The zero-order valence-electron chi connectivity index (χ0n) is 29.6. The Morgan fingerprint density at radius 1 is 0.633 bits per heavy atom. The summed E-state index contributed by atoms with van der Waals surface area (Å²) in [5.74, 6) is 0.172. The first-order chi connectivity index (χ1) is 23.1. The van der Waals surface area contributed by atoms with Crippen molar-refractivity contribution in [1.82, 2.24) is 0 Å². The normalized spacial score (nSPS) is 21.2. The third-order valence-electron chi connectivity index (χ3n) is 10.4. The molecule has 5 rings (SSSR count). The Morgan fingerprint density at radius 2 is 1.04 bits per heavy atom. The number of thioether (sulfide) groups is 1. The van der Waals surface area contributed by atoms with Crippen molar-refractivity contribution in [2.24, 2.45) is 11.8 Å². The molecule has 2 atom stereocenters. The monoisotopic (exact) mass is 747 g/mol. The second kappa shape index (κ2) is 21.3. The first-order valence-electron chi connectivity index (χ1n) is 18.1. The summed E-state index contributed by atoms with van der Waals surface area (Å²) in [4.78, 5) is 0. The van der Waals surface area contributed by atoms with E-state index in [1.807, 2.05) is 48.2 Å². The van der Waals surface area contributed by atoms with Gasteiger partial charge in [-0.15, -0.1) is 0 Å². The third kappa shape index (κ3) is 12.6. The second-order valence-electron chi connectivity index (χ2n) is 13.7. The Hall–Kier alpha value is -0.470. The van der Waals surface area contributed by atoms with Crippen molar-refractivity contribution in [2.45, 2.75) is 121 Å². The van der Waals surface area contributed by atoms with Crippen molar-refractivity contribution < 1.29 is 63.9 Å². The van der Waals surface area contributed by atoms with Gasteiger partial charge in [-0.1, -0.05) is 152 Å². The van der Waals surface area contributed by atoms with Gasteiger partial charge in [0.05, 0.1) is 13.2 Å². The Morgan fingerprint density at radius 3 is 1.49 bits per heavy atom. The van der Waals surface area contributed by atoms with E-state index >= 15 is 0 Å². The maximum atomic E-state index is 11.8. The first-order valence-corrected chi connectivity index (χ1v) is 22.0. The molecule has 2 bridgehead atoms. The van der Waals surface area contributed by atoms with E-state index in [-0.39, 0.29) is 48.7 Å². The molecule has 2 aromatic carbocycles. The molecule has 8 nitrogen and oxygen atoms in total. The van der Waals surface area contributed by atoms with Crippen LogP contribution in [0.4, 0.5) is 0 Å². The molecule has 3 aliphatic rings. The van der Waals surface area contributed by atoms with Crippen LogP contribution in [0, 0.1) is 11.8 Å². The molecular weight excluding hydrogens is 692 g/mol. The van der Waals surface area contributed by atoms with Gasteiger partial charge in [-0.05, 0) is 34.4 Å². The smallest absolute Gasteiger partial charge is 0.264 e. The van der Waals surface area contributed by atoms with E-state index in [9.17, 15) is 25.9 Å². The van der Waals surface area contributed by atoms with Crippen LogP contribution in [0.1, 0.15) is 138 Å². The van der Waals surface area contributed by atoms with Crippen molar-refractivity contribution in [3.8, 4) is 0 Å². The van der Waals surface area contributed by atoms with E-state index < -0.39 is 38.0 Å². The Bertz CT molecular complexity index is 1440. The summed E-state index contributed by atoms with van der Waals surface area (Å²) >= 11 is 1.81. The fourth-order valence-corrected chi connectivity index (χ4v) is 10.2. The van der Waals surface area contributed by atoms with E-state index in [4.69, 9.17) is 8.37 Å². The van der Waals surface area contributed by atoms with Crippen LogP contribution in [0.2, 0.25) is 0 Å². The minimum absolute atomic E-state index is 0. The molecule has 0 amide bonds. The largest absolute Gasteiger partial charge is 1.00 e. The van der Waals surface area contributed by atoms with Gasteiger partial charge in [0.1, 0.15) is 0 Å². The molecule has 2 aromatic rings. The standard InChI is InChI=1S/C37H56O8S3.Na/c1-2-3-4-5-6-7-8-9-10-11-12-13-14-15-16-21-26-46-29-37-33-24-19-17-22-30(33)36(31-23-18-20-25-34(31)37)32(27-44-47(38,39)40)35(37)28-45-48(41,42)43;/h17-20,22-25,32,35-36H,2-16,21,26-29H2,1H3,(H,38,39,40)(H,41,42,43);/q;+1. The van der Waals surface area contributed by atoms with Crippen molar-refractivity contribution in [3.05, 3.63) is 70.8 Å². The molecule has 0 aromatic heterocycles. The van der Waals surface area contributed by atoms with Gasteiger partial charge < -0.3 is 0 Å². The maximum absolute atomic E-state index is 11.8. The quantitative estimate of drug-likeness (QED) is 0.0684. The summed E-state index contributed by atoms with van der Waals surface area (Å²) in [6.45, 7) is 1.57. The Balaban J connectivity index is 0.00000650. The van der Waals surface area contributed by atoms with Crippen LogP contribution >= 0.6 is 11.8 Å². The first kappa shape index (κ1) is 42.9. The van der Waals surface area contributed by atoms with Gasteiger partial charge in [0.2, 0.25) is 0 Å². The Labute approximate surface area is 322 Å². The molecule has 0 spiro atoms. The van der Waals surface area contributed by atoms with Gasteiger partial charge in [0.15, 0.2) is 0 Å². The molecule has 0 saturated carbocycles. The van der Waals surface area contributed by atoms with Crippen LogP contribution in [0.25, 0.3) is 0 Å². The summed E-state index contributed by atoms with van der Waals surface area (Å²) in [5, 5.41) is 0. The van der Waals surface area contributed by atoms with Gasteiger partial charge >= 0.3 is 50.4 Å². The Kier molecular flexibility index (Phi) is 18.7. The summed E-state index contributed by atoms with van der Waals surface area (Å²) < 4.78 is 76.0. The molecule has 49 heavy (non-hydrogen) atoms. The van der Waals surface area contributed by atoms with Crippen LogP contribution in [0.5, 0.6) is 0 Å². The SMILES string of the molecule is CCCCCCCCCCCCCCCCCCSCC12c3ccccc3C(c3ccccc31)C(COS(=O)(=O)O)C2COS(=O)(=O)O.[Na+]. The molecule has 12 heteroatoms. The van der Waals surface area contributed by atoms with Crippen molar-refractivity contribution in [3.63, 3.8) is 0 Å². The summed E-state index contributed by atoms with van der Waals surface area (Å²) in [7, 11) is -9.50. The minimum atomic E-state index is -4.76. The minimum Gasteiger partial charge on any atom is -0.264 e. The number of hydrogen-bond donors (Lipinski definition) is 2.